The van der Waals surface area contributed by atoms with Gasteiger partial charge in [-0.1, -0.05) is 82.3 Å². The monoisotopic (exact) mass is 313 g/mol. The van der Waals surface area contributed by atoms with Crippen molar-refractivity contribution < 1.29 is 0 Å². The summed E-state index contributed by atoms with van der Waals surface area (Å²) in [6, 6.07) is 23.9. The molecule has 0 atom stereocenters. The first-order valence-corrected chi connectivity index (χ1v) is 8.57. The zero-order chi connectivity index (χ0) is 16.9. The van der Waals surface area contributed by atoms with Crippen LogP contribution >= 0.6 is 0 Å². The molecule has 0 N–H and O–H groups in total. The van der Waals surface area contributed by atoms with Gasteiger partial charge < -0.3 is 4.40 Å². The molecule has 0 saturated heterocycles. The lowest BCUT2D eigenvalue weighted by Crippen LogP contribution is -1.93. The number of benzene rings is 3. The number of hydrogen-bond donors (Lipinski definition) is 0. The van der Waals surface area contributed by atoms with E-state index in [0.717, 1.165) is 0 Å². The summed E-state index contributed by atoms with van der Waals surface area (Å²) >= 11 is 0. The maximum Gasteiger partial charge on any atom is 0.0620 e. The minimum Gasteiger partial charge on any atom is -0.308 e. The van der Waals surface area contributed by atoms with Crippen molar-refractivity contribution in [2.45, 2.75) is 27.7 Å². The van der Waals surface area contributed by atoms with Gasteiger partial charge >= 0.3 is 0 Å². The first kappa shape index (κ1) is 15.0. The molecule has 0 aliphatic carbocycles. The summed E-state index contributed by atoms with van der Waals surface area (Å²) in [7, 11) is 0. The summed E-state index contributed by atoms with van der Waals surface area (Å²) in [4.78, 5) is 0. The lowest BCUT2D eigenvalue weighted by atomic mass is 10.0. The maximum atomic E-state index is 2.40. The van der Waals surface area contributed by atoms with E-state index in [4.69, 9.17) is 0 Å². The predicted molar refractivity (Wildman–Crippen MR) is 106 cm³/mol. The maximum absolute atomic E-state index is 2.40. The standard InChI is InChI=1S/C18H11N.C5H12/c1-3-10-16-12(6-1)14-8-5-9-15-13-7-2-4-11-17(13)19(16)18(14)15;1-5(2,3)4/h1-11H;1-4H3. The van der Waals surface area contributed by atoms with Crippen molar-refractivity contribution >= 4 is 38.1 Å². The Bertz CT molecular complexity index is 1050. The molecule has 5 rings (SSSR count). The van der Waals surface area contributed by atoms with Gasteiger partial charge in [0.1, 0.15) is 0 Å². The zero-order valence-corrected chi connectivity index (χ0v) is 14.8. The third-order valence-electron chi connectivity index (χ3n) is 4.13. The molecule has 0 unspecified atom stereocenters. The summed E-state index contributed by atoms with van der Waals surface area (Å²) in [5, 5.41) is 5.39. The number of hydrogen-bond acceptors (Lipinski definition) is 0. The van der Waals surface area contributed by atoms with Crippen LogP contribution in [0.1, 0.15) is 27.7 Å². The minimum atomic E-state index is 0.500. The van der Waals surface area contributed by atoms with Gasteiger partial charge in [-0.15, -0.1) is 0 Å². The number of rotatable bonds is 0. The van der Waals surface area contributed by atoms with E-state index in [1.165, 1.54) is 38.1 Å². The molecular weight excluding hydrogens is 290 g/mol. The summed E-state index contributed by atoms with van der Waals surface area (Å²) in [6.45, 7) is 8.75. The summed E-state index contributed by atoms with van der Waals surface area (Å²) in [5.41, 5.74) is 4.45. The van der Waals surface area contributed by atoms with Crippen LogP contribution < -0.4 is 0 Å². The summed E-state index contributed by atoms with van der Waals surface area (Å²) < 4.78 is 2.40. The van der Waals surface area contributed by atoms with E-state index in [1.54, 1.807) is 0 Å². The molecule has 120 valence electrons. The molecule has 2 heterocycles. The Morgan fingerprint density at radius 3 is 1.38 bits per heavy atom. The largest absolute Gasteiger partial charge is 0.308 e. The van der Waals surface area contributed by atoms with Gasteiger partial charge in [0.05, 0.1) is 16.6 Å². The normalized spacial score (nSPS) is 12.2. The molecule has 5 aromatic rings. The van der Waals surface area contributed by atoms with E-state index in [9.17, 15) is 0 Å². The summed E-state index contributed by atoms with van der Waals surface area (Å²) in [5.74, 6) is 0. The van der Waals surface area contributed by atoms with Crippen LogP contribution in [0.25, 0.3) is 38.1 Å². The van der Waals surface area contributed by atoms with E-state index in [1.807, 2.05) is 0 Å². The van der Waals surface area contributed by atoms with Crippen molar-refractivity contribution in [3.05, 3.63) is 66.7 Å². The van der Waals surface area contributed by atoms with Gasteiger partial charge in [0.15, 0.2) is 0 Å². The third-order valence-corrected chi connectivity index (χ3v) is 4.13. The quantitative estimate of drug-likeness (QED) is 0.293. The Kier molecular flexibility index (Phi) is 3.28. The van der Waals surface area contributed by atoms with E-state index < -0.39 is 0 Å². The van der Waals surface area contributed by atoms with Crippen LogP contribution in [0.5, 0.6) is 0 Å². The average molecular weight is 313 g/mol. The van der Waals surface area contributed by atoms with Crippen LogP contribution in [0.3, 0.4) is 0 Å². The van der Waals surface area contributed by atoms with Crippen molar-refractivity contribution in [3.63, 3.8) is 0 Å². The lowest BCUT2D eigenvalue weighted by molar-refractivity contribution is 0.469. The fourth-order valence-corrected chi connectivity index (χ4v) is 3.38. The van der Waals surface area contributed by atoms with Gasteiger partial charge in [-0.3, -0.25) is 0 Å². The molecule has 1 nitrogen and oxygen atoms in total. The van der Waals surface area contributed by atoms with Crippen molar-refractivity contribution in [1.82, 2.24) is 4.40 Å². The second-order valence-electron chi connectivity index (χ2n) is 8.07. The van der Waals surface area contributed by atoms with E-state index in [0.29, 0.717) is 5.41 Å². The number of fused-ring (bicyclic) bond motifs is 6. The highest BCUT2D eigenvalue weighted by molar-refractivity contribution is 6.23. The first-order valence-electron chi connectivity index (χ1n) is 8.57. The third kappa shape index (κ3) is 2.32. The SMILES string of the molecule is CC(C)(C)C.c1ccc2c(c1)c1cccc3c4ccccc4n2c13. The second-order valence-corrected chi connectivity index (χ2v) is 8.07. The van der Waals surface area contributed by atoms with Crippen molar-refractivity contribution in [1.29, 1.82) is 0 Å². The zero-order valence-electron chi connectivity index (χ0n) is 14.8. The number of para-hydroxylation sites is 3. The van der Waals surface area contributed by atoms with E-state index in [-0.39, 0.29) is 0 Å². The van der Waals surface area contributed by atoms with Gasteiger partial charge in [-0.05, 0) is 17.5 Å². The topological polar surface area (TPSA) is 4.41 Å². The van der Waals surface area contributed by atoms with Gasteiger partial charge in [0.25, 0.3) is 0 Å². The van der Waals surface area contributed by atoms with Crippen LogP contribution in [-0.2, 0) is 0 Å². The highest BCUT2D eigenvalue weighted by atomic mass is 14.9. The smallest absolute Gasteiger partial charge is 0.0620 e. The predicted octanol–water partition coefficient (Wildman–Crippen LogP) is 6.89. The van der Waals surface area contributed by atoms with Gasteiger partial charge in [-0.25, -0.2) is 0 Å². The second kappa shape index (κ2) is 5.24. The first-order chi connectivity index (χ1) is 11.4. The number of nitrogens with zero attached hydrogens (tertiary/aromatic N) is 1. The highest BCUT2D eigenvalue weighted by Crippen LogP contribution is 2.38. The van der Waals surface area contributed by atoms with Crippen molar-refractivity contribution in [2.24, 2.45) is 5.41 Å². The molecule has 2 aromatic heterocycles. The highest BCUT2D eigenvalue weighted by Gasteiger charge is 2.15. The molecule has 0 saturated carbocycles. The Labute approximate surface area is 142 Å². The molecule has 1 heteroatoms. The fourth-order valence-electron chi connectivity index (χ4n) is 3.38. The fraction of sp³-hybridized carbons (Fsp3) is 0.217. The minimum absolute atomic E-state index is 0.500. The summed E-state index contributed by atoms with van der Waals surface area (Å²) in [6.07, 6.45) is 0. The van der Waals surface area contributed by atoms with Crippen LogP contribution in [0.4, 0.5) is 0 Å². The molecule has 0 bridgehead atoms. The molecule has 0 aliphatic rings. The molecule has 0 spiro atoms. The molecule has 0 aliphatic heterocycles. The van der Waals surface area contributed by atoms with E-state index in [2.05, 4.69) is 98.8 Å². The van der Waals surface area contributed by atoms with Gasteiger partial charge in [0.2, 0.25) is 0 Å². The molecular formula is C23H23N. The van der Waals surface area contributed by atoms with Crippen LogP contribution in [0, 0.1) is 5.41 Å². The van der Waals surface area contributed by atoms with Crippen LogP contribution in [0.15, 0.2) is 66.7 Å². The van der Waals surface area contributed by atoms with Crippen LogP contribution in [-0.4, -0.2) is 4.40 Å². The average Bonchev–Trinajstić information content (AvgIpc) is 3.05. The lowest BCUT2D eigenvalue weighted by Gasteiger charge is -2.05. The molecule has 24 heavy (non-hydrogen) atoms. The number of aromatic nitrogens is 1. The molecule has 0 radical (unpaired) electrons. The van der Waals surface area contributed by atoms with Crippen LogP contribution in [0.2, 0.25) is 0 Å². The Balaban J connectivity index is 0.000000260. The Morgan fingerprint density at radius 2 is 0.917 bits per heavy atom. The van der Waals surface area contributed by atoms with Crippen molar-refractivity contribution in [3.8, 4) is 0 Å². The van der Waals surface area contributed by atoms with Gasteiger partial charge in [0, 0.05) is 21.5 Å². The molecule has 0 amide bonds. The Morgan fingerprint density at radius 1 is 0.542 bits per heavy atom. The molecule has 0 fully saturated rings. The Hall–Kier alpha value is -2.54. The molecule has 3 aromatic carbocycles. The van der Waals surface area contributed by atoms with Gasteiger partial charge in [-0.2, -0.15) is 0 Å². The van der Waals surface area contributed by atoms with E-state index >= 15 is 0 Å². The van der Waals surface area contributed by atoms with Crippen molar-refractivity contribution in [2.75, 3.05) is 0 Å².